The quantitative estimate of drug-likeness (QED) is 0.356. The third kappa shape index (κ3) is 2.39. The number of rotatable bonds is 3. The van der Waals surface area contributed by atoms with E-state index in [2.05, 4.69) is 0 Å². The van der Waals surface area contributed by atoms with E-state index in [9.17, 15) is 14.9 Å². The molecule has 1 heterocycles. The average molecular weight is 368 g/mol. The van der Waals surface area contributed by atoms with E-state index in [4.69, 9.17) is 32.7 Å². The summed E-state index contributed by atoms with van der Waals surface area (Å²) in [4.78, 5) is 21.1. The van der Waals surface area contributed by atoms with Crippen LogP contribution < -0.4 is 9.47 Å². The van der Waals surface area contributed by atoms with E-state index in [0.29, 0.717) is 16.3 Å². The predicted octanol–water partition coefficient (Wildman–Crippen LogP) is 3.88. The van der Waals surface area contributed by atoms with Gasteiger partial charge in [-0.05, 0) is 35.9 Å². The first kappa shape index (κ1) is 16.5. The molecule has 2 aromatic rings. The third-order valence-electron chi connectivity index (χ3n) is 3.78. The largest absolute Gasteiger partial charge is 0.493 e. The van der Waals surface area contributed by atoms with Gasteiger partial charge in [-0.25, -0.2) is 0 Å². The average Bonchev–Trinajstić information content (AvgIpc) is 2.58. The first-order valence-corrected chi connectivity index (χ1v) is 7.62. The summed E-state index contributed by atoms with van der Waals surface area (Å²) < 4.78 is 10.9. The van der Waals surface area contributed by atoms with Crippen molar-refractivity contribution >= 4 is 29.0 Å². The molecule has 1 aliphatic heterocycles. The third-order valence-corrected chi connectivity index (χ3v) is 4.54. The van der Waals surface area contributed by atoms with Crippen LogP contribution >= 0.6 is 23.2 Å². The van der Waals surface area contributed by atoms with Gasteiger partial charge in [0.15, 0.2) is 11.5 Å². The van der Waals surface area contributed by atoms with Gasteiger partial charge >= 0.3 is 5.00 Å². The molecule has 0 aliphatic carbocycles. The Morgan fingerprint density at radius 2 is 1.92 bits per heavy atom. The maximum atomic E-state index is 12.8. The Hall–Kier alpha value is -2.31. The van der Waals surface area contributed by atoms with Gasteiger partial charge in [-0.2, -0.15) is 0 Å². The molecule has 24 heavy (non-hydrogen) atoms. The lowest BCUT2D eigenvalue weighted by molar-refractivity contribution is -0.536. The van der Waals surface area contributed by atoms with Crippen LogP contribution in [0, 0.1) is 10.1 Å². The SMILES string of the molecule is COc1cccc2c1O[C@H](c1ccc(Cl)cc1)[C@@](Cl)([N+](=O)[O-])C2=O. The lowest BCUT2D eigenvalue weighted by atomic mass is 9.91. The topological polar surface area (TPSA) is 78.7 Å². The van der Waals surface area contributed by atoms with Crippen molar-refractivity contribution in [3.8, 4) is 11.5 Å². The number of nitro groups is 1. The van der Waals surface area contributed by atoms with E-state index >= 15 is 0 Å². The van der Waals surface area contributed by atoms with Gasteiger partial charge in [0.05, 0.1) is 17.6 Å². The number of ether oxygens (including phenoxy) is 2. The fraction of sp³-hybridized carbons (Fsp3) is 0.188. The first-order chi connectivity index (χ1) is 11.4. The molecular formula is C16H11Cl2NO5. The molecule has 0 unspecified atom stereocenters. The molecule has 0 aromatic heterocycles. The Morgan fingerprint density at radius 3 is 2.50 bits per heavy atom. The predicted molar refractivity (Wildman–Crippen MR) is 87.7 cm³/mol. The number of nitrogens with zero attached hydrogens (tertiary/aromatic N) is 1. The molecule has 124 valence electrons. The van der Waals surface area contributed by atoms with Crippen molar-refractivity contribution in [3.63, 3.8) is 0 Å². The fourth-order valence-electron chi connectivity index (χ4n) is 2.59. The zero-order valence-electron chi connectivity index (χ0n) is 12.4. The van der Waals surface area contributed by atoms with Crippen LogP contribution in [0.5, 0.6) is 11.5 Å². The van der Waals surface area contributed by atoms with E-state index in [1.54, 1.807) is 24.3 Å². The van der Waals surface area contributed by atoms with Gasteiger partial charge in [-0.3, -0.25) is 14.9 Å². The molecule has 8 heteroatoms. The lowest BCUT2D eigenvalue weighted by Gasteiger charge is -2.33. The number of hydrogen-bond acceptors (Lipinski definition) is 5. The summed E-state index contributed by atoms with van der Waals surface area (Å²) in [6.07, 6.45) is -1.33. The van der Waals surface area contributed by atoms with Crippen molar-refractivity contribution in [2.24, 2.45) is 0 Å². The monoisotopic (exact) mass is 367 g/mol. The van der Waals surface area contributed by atoms with E-state index in [-0.39, 0.29) is 11.3 Å². The van der Waals surface area contributed by atoms with Gasteiger partial charge in [-0.1, -0.05) is 29.8 Å². The number of para-hydroxylation sites is 1. The van der Waals surface area contributed by atoms with Gasteiger partial charge < -0.3 is 9.47 Å². The van der Waals surface area contributed by atoms with Crippen molar-refractivity contribution in [2.45, 2.75) is 11.1 Å². The summed E-state index contributed by atoms with van der Waals surface area (Å²) >= 11 is 12.0. The number of carbonyl (C=O) groups is 1. The minimum absolute atomic E-state index is 0.00580. The van der Waals surface area contributed by atoms with E-state index in [1.165, 1.54) is 25.3 Å². The molecule has 0 N–H and O–H groups in total. The maximum absolute atomic E-state index is 12.8. The van der Waals surface area contributed by atoms with Crippen LogP contribution in [-0.2, 0) is 0 Å². The van der Waals surface area contributed by atoms with E-state index < -0.39 is 21.8 Å². The normalized spacial score (nSPS) is 22.5. The van der Waals surface area contributed by atoms with Gasteiger partial charge in [0.2, 0.25) is 6.10 Å². The molecule has 0 radical (unpaired) electrons. The minimum Gasteiger partial charge on any atom is -0.493 e. The standard InChI is InChI=1S/C16H11Cl2NO5/c1-23-12-4-2-3-11-13(12)24-15(9-5-7-10(17)8-6-9)16(18,14(11)20)19(21)22/h2-8,15H,1H3/t15-,16+/m1/s1. The van der Waals surface area contributed by atoms with Gasteiger partial charge in [0.25, 0.3) is 5.78 Å². The van der Waals surface area contributed by atoms with Crippen molar-refractivity contribution in [3.05, 3.63) is 68.7 Å². The highest BCUT2D eigenvalue weighted by atomic mass is 35.5. The highest BCUT2D eigenvalue weighted by Gasteiger charge is 2.62. The molecule has 0 bridgehead atoms. The van der Waals surface area contributed by atoms with Crippen molar-refractivity contribution in [2.75, 3.05) is 7.11 Å². The van der Waals surface area contributed by atoms with Crippen molar-refractivity contribution < 1.29 is 19.2 Å². The Kier molecular flexibility index (Phi) is 4.11. The van der Waals surface area contributed by atoms with Gasteiger partial charge in [0, 0.05) is 10.6 Å². The fourth-order valence-corrected chi connectivity index (χ4v) is 2.98. The van der Waals surface area contributed by atoms with Gasteiger partial charge in [0.1, 0.15) is 0 Å². The Bertz CT molecular complexity index is 824. The smallest absolute Gasteiger partial charge is 0.397 e. The first-order valence-electron chi connectivity index (χ1n) is 6.87. The summed E-state index contributed by atoms with van der Waals surface area (Å²) in [5.41, 5.74) is 0.363. The molecule has 2 atom stereocenters. The minimum atomic E-state index is -2.48. The lowest BCUT2D eigenvalue weighted by Crippen LogP contribution is -2.51. The molecule has 1 aliphatic rings. The summed E-state index contributed by atoms with van der Waals surface area (Å²) in [7, 11) is 1.41. The second-order valence-corrected chi connectivity index (χ2v) is 6.16. The molecule has 0 saturated heterocycles. The van der Waals surface area contributed by atoms with Crippen LogP contribution in [0.15, 0.2) is 42.5 Å². The number of methoxy groups -OCH3 is 1. The number of ketones is 1. The number of halogens is 2. The Labute approximate surface area is 147 Å². The molecule has 0 fully saturated rings. The number of fused-ring (bicyclic) bond motifs is 1. The van der Waals surface area contributed by atoms with Crippen LogP contribution in [0.1, 0.15) is 22.0 Å². The van der Waals surface area contributed by atoms with E-state index in [0.717, 1.165) is 0 Å². The molecule has 0 spiro atoms. The highest BCUT2D eigenvalue weighted by molar-refractivity contribution is 6.37. The van der Waals surface area contributed by atoms with Crippen LogP contribution in [0.25, 0.3) is 0 Å². The second kappa shape index (κ2) is 5.96. The summed E-state index contributed by atoms with van der Waals surface area (Å²) in [6, 6.07) is 10.7. The zero-order valence-corrected chi connectivity index (χ0v) is 13.9. The number of carbonyl (C=O) groups excluding carboxylic acids is 1. The summed E-state index contributed by atoms with van der Waals surface area (Å²) in [5, 5.41) is 12.1. The van der Waals surface area contributed by atoms with Crippen LogP contribution in [0.3, 0.4) is 0 Å². The maximum Gasteiger partial charge on any atom is 0.397 e. The number of alkyl halides is 1. The highest BCUT2D eigenvalue weighted by Crippen LogP contribution is 2.48. The number of benzene rings is 2. The Morgan fingerprint density at radius 1 is 1.25 bits per heavy atom. The number of hydrogen-bond donors (Lipinski definition) is 0. The van der Waals surface area contributed by atoms with Crippen LogP contribution in [-0.4, -0.2) is 22.8 Å². The van der Waals surface area contributed by atoms with Crippen LogP contribution in [0.2, 0.25) is 5.02 Å². The molecule has 2 aromatic carbocycles. The second-order valence-electron chi connectivity index (χ2n) is 5.15. The van der Waals surface area contributed by atoms with Gasteiger partial charge in [-0.15, -0.1) is 0 Å². The molecule has 3 rings (SSSR count). The Balaban J connectivity index is 2.21. The van der Waals surface area contributed by atoms with E-state index in [1.807, 2.05) is 0 Å². The molecule has 0 amide bonds. The molecule has 6 nitrogen and oxygen atoms in total. The van der Waals surface area contributed by atoms with Crippen molar-refractivity contribution in [1.82, 2.24) is 0 Å². The summed E-state index contributed by atoms with van der Waals surface area (Å²) in [6.45, 7) is 0. The zero-order chi connectivity index (χ0) is 17.5. The van der Waals surface area contributed by atoms with Crippen LogP contribution in [0.4, 0.5) is 0 Å². The molecular weight excluding hydrogens is 357 g/mol. The van der Waals surface area contributed by atoms with Crippen molar-refractivity contribution in [1.29, 1.82) is 0 Å². The number of Topliss-reactive ketones (excluding diaryl/α,β-unsaturated/α-hetero) is 1. The summed E-state index contributed by atoms with van der Waals surface area (Å²) in [5.74, 6) is -0.431. The molecule has 0 saturated carbocycles.